The SMILES string of the molecule is COc1ccc(C=O)cc1NC(=O)c1ccc(C(F)(F)F)cc1. The van der Waals surface area contributed by atoms with Crippen LogP contribution in [0.4, 0.5) is 18.9 Å². The van der Waals surface area contributed by atoms with E-state index in [9.17, 15) is 22.8 Å². The molecule has 2 aromatic rings. The number of hydrogen-bond acceptors (Lipinski definition) is 3. The van der Waals surface area contributed by atoms with Gasteiger partial charge in [-0.1, -0.05) is 0 Å². The molecule has 23 heavy (non-hydrogen) atoms. The summed E-state index contributed by atoms with van der Waals surface area (Å²) in [5, 5.41) is 2.51. The Balaban J connectivity index is 2.23. The standard InChI is InChI=1S/C16H12F3NO3/c1-23-14-7-2-10(9-21)8-13(14)20-15(22)11-3-5-12(6-4-11)16(17,18)19/h2-9H,1H3,(H,20,22). The van der Waals surface area contributed by atoms with E-state index in [1.165, 1.54) is 25.3 Å². The molecule has 0 aliphatic heterocycles. The molecule has 0 saturated carbocycles. The first kappa shape index (κ1) is 16.5. The van der Waals surface area contributed by atoms with Crippen molar-refractivity contribution < 1.29 is 27.5 Å². The first-order valence-corrected chi connectivity index (χ1v) is 6.47. The first-order valence-electron chi connectivity index (χ1n) is 6.47. The summed E-state index contributed by atoms with van der Waals surface area (Å²) >= 11 is 0. The van der Waals surface area contributed by atoms with Crippen LogP contribution in [0.2, 0.25) is 0 Å². The number of methoxy groups -OCH3 is 1. The highest BCUT2D eigenvalue weighted by atomic mass is 19.4. The second kappa shape index (κ2) is 6.51. The number of rotatable bonds is 4. The van der Waals surface area contributed by atoms with Gasteiger partial charge in [0, 0.05) is 11.1 Å². The van der Waals surface area contributed by atoms with Crippen LogP contribution in [-0.2, 0) is 6.18 Å². The van der Waals surface area contributed by atoms with Crippen molar-refractivity contribution in [2.24, 2.45) is 0 Å². The van der Waals surface area contributed by atoms with Gasteiger partial charge in [0.25, 0.3) is 5.91 Å². The zero-order chi connectivity index (χ0) is 17.0. The summed E-state index contributed by atoms with van der Waals surface area (Å²) in [7, 11) is 1.39. The van der Waals surface area contributed by atoms with E-state index >= 15 is 0 Å². The molecule has 7 heteroatoms. The van der Waals surface area contributed by atoms with Gasteiger partial charge in [-0.05, 0) is 42.5 Å². The van der Waals surface area contributed by atoms with E-state index in [0.717, 1.165) is 24.3 Å². The Morgan fingerprint density at radius 2 is 1.78 bits per heavy atom. The van der Waals surface area contributed by atoms with Crippen molar-refractivity contribution in [3.05, 3.63) is 59.2 Å². The smallest absolute Gasteiger partial charge is 0.416 e. The number of anilines is 1. The molecule has 0 atom stereocenters. The van der Waals surface area contributed by atoms with Crippen molar-refractivity contribution in [2.75, 3.05) is 12.4 Å². The average Bonchev–Trinajstić information content (AvgIpc) is 2.54. The van der Waals surface area contributed by atoms with Gasteiger partial charge in [-0.25, -0.2) is 0 Å². The molecule has 0 heterocycles. The topological polar surface area (TPSA) is 55.4 Å². The minimum absolute atomic E-state index is 0.0524. The van der Waals surface area contributed by atoms with Crippen molar-refractivity contribution >= 4 is 17.9 Å². The summed E-state index contributed by atoms with van der Waals surface area (Å²) < 4.78 is 42.6. The molecule has 0 unspecified atom stereocenters. The van der Waals surface area contributed by atoms with Crippen LogP contribution < -0.4 is 10.1 Å². The molecule has 0 aliphatic carbocycles. The highest BCUT2D eigenvalue weighted by Crippen LogP contribution is 2.29. The Hall–Kier alpha value is -2.83. The molecule has 0 fully saturated rings. The highest BCUT2D eigenvalue weighted by molar-refractivity contribution is 6.05. The molecule has 0 bridgehead atoms. The summed E-state index contributed by atoms with van der Waals surface area (Å²) in [6, 6.07) is 8.24. The maximum Gasteiger partial charge on any atom is 0.416 e. The van der Waals surface area contributed by atoms with Crippen LogP contribution in [0.5, 0.6) is 5.75 Å². The van der Waals surface area contributed by atoms with Gasteiger partial charge < -0.3 is 10.1 Å². The van der Waals surface area contributed by atoms with Gasteiger partial charge in [0.15, 0.2) is 0 Å². The predicted molar refractivity (Wildman–Crippen MR) is 77.8 cm³/mol. The fraction of sp³-hybridized carbons (Fsp3) is 0.125. The molecular weight excluding hydrogens is 311 g/mol. The van der Waals surface area contributed by atoms with Crippen molar-refractivity contribution in [1.82, 2.24) is 0 Å². The number of nitrogens with one attached hydrogen (secondary N) is 1. The largest absolute Gasteiger partial charge is 0.495 e. The van der Waals surface area contributed by atoms with Crippen molar-refractivity contribution in [3.8, 4) is 5.75 Å². The number of aldehydes is 1. The fourth-order valence-electron chi connectivity index (χ4n) is 1.90. The van der Waals surface area contributed by atoms with Gasteiger partial charge in [0.05, 0.1) is 18.4 Å². The monoisotopic (exact) mass is 323 g/mol. The summed E-state index contributed by atoms with van der Waals surface area (Å²) in [5.74, 6) is -0.282. The molecule has 0 radical (unpaired) electrons. The van der Waals surface area contributed by atoms with Crippen molar-refractivity contribution in [3.63, 3.8) is 0 Å². The summed E-state index contributed by atoms with van der Waals surface area (Å²) in [6.07, 6.45) is -3.86. The lowest BCUT2D eigenvalue weighted by molar-refractivity contribution is -0.137. The maximum atomic E-state index is 12.5. The Kier molecular flexibility index (Phi) is 4.68. The van der Waals surface area contributed by atoms with Gasteiger partial charge in [-0.3, -0.25) is 9.59 Å². The molecule has 0 saturated heterocycles. The zero-order valence-electron chi connectivity index (χ0n) is 12.0. The Bertz CT molecular complexity index is 724. The predicted octanol–water partition coefficient (Wildman–Crippen LogP) is 3.78. The van der Waals surface area contributed by atoms with Crippen LogP contribution in [0, 0.1) is 0 Å². The molecule has 2 rings (SSSR count). The third-order valence-corrected chi connectivity index (χ3v) is 3.08. The lowest BCUT2D eigenvalue weighted by atomic mass is 10.1. The third kappa shape index (κ3) is 3.88. The Labute approximate surface area is 129 Å². The zero-order valence-corrected chi connectivity index (χ0v) is 12.0. The number of carbonyl (C=O) groups is 2. The van der Waals surface area contributed by atoms with Crippen LogP contribution in [0.1, 0.15) is 26.3 Å². The van der Waals surface area contributed by atoms with Crippen LogP contribution >= 0.6 is 0 Å². The quantitative estimate of drug-likeness (QED) is 0.871. The molecular formula is C16H12F3NO3. The molecule has 120 valence electrons. The van der Waals surface area contributed by atoms with E-state index in [0.29, 0.717) is 17.6 Å². The number of alkyl halides is 3. The average molecular weight is 323 g/mol. The molecule has 1 amide bonds. The van der Waals surface area contributed by atoms with Gasteiger partial charge in [-0.2, -0.15) is 13.2 Å². The van der Waals surface area contributed by atoms with Crippen LogP contribution in [-0.4, -0.2) is 19.3 Å². The van der Waals surface area contributed by atoms with E-state index in [4.69, 9.17) is 4.74 Å². The Morgan fingerprint density at radius 1 is 1.13 bits per heavy atom. The second-order valence-electron chi connectivity index (χ2n) is 4.61. The number of ether oxygens (including phenoxy) is 1. The fourth-order valence-corrected chi connectivity index (χ4v) is 1.90. The van der Waals surface area contributed by atoms with Crippen LogP contribution in [0.3, 0.4) is 0 Å². The van der Waals surface area contributed by atoms with E-state index in [1.807, 2.05) is 0 Å². The molecule has 1 N–H and O–H groups in total. The lowest BCUT2D eigenvalue weighted by Crippen LogP contribution is -2.13. The number of amides is 1. The van der Waals surface area contributed by atoms with E-state index in [-0.39, 0.29) is 11.3 Å². The number of carbonyl (C=O) groups excluding carboxylic acids is 2. The van der Waals surface area contributed by atoms with Crippen LogP contribution in [0.15, 0.2) is 42.5 Å². The first-order chi connectivity index (χ1) is 10.8. The van der Waals surface area contributed by atoms with Gasteiger partial charge in [0.2, 0.25) is 0 Å². The Morgan fingerprint density at radius 3 is 2.30 bits per heavy atom. The summed E-state index contributed by atoms with van der Waals surface area (Å²) in [4.78, 5) is 22.9. The van der Waals surface area contributed by atoms with Crippen LogP contribution in [0.25, 0.3) is 0 Å². The normalized spacial score (nSPS) is 11.0. The number of hydrogen-bond donors (Lipinski definition) is 1. The van der Waals surface area contributed by atoms with E-state index in [2.05, 4.69) is 5.32 Å². The van der Waals surface area contributed by atoms with Gasteiger partial charge in [0.1, 0.15) is 12.0 Å². The molecule has 0 aromatic heterocycles. The summed E-state index contributed by atoms with van der Waals surface area (Å²) in [6.45, 7) is 0. The second-order valence-corrected chi connectivity index (χ2v) is 4.61. The number of halogens is 3. The lowest BCUT2D eigenvalue weighted by Gasteiger charge is -2.11. The van der Waals surface area contributed by atoms with Crippen molar-refractivity contribution in [1.29, 1.82) is 0 Å². The van der Waals surface area contributed by atoms with Crippen molar-refractivity contribution in [2.45, 2.75) is 6.18 Å². The maximum absolute atomic E-state index is 12.5. The molecule has 4 nitrogen and oxygen atoms in total. The molecule has 0 aliphatic rings. The van der Waals surface area contributed by atoms with E-state index in [1.54, 1.807) is 0 Å². The highest BCUT2D eigenvalue weighted by Gasteiger charge is 2.30. The molecule has 0 spiro atoms. The number of benzene rings is 2. The minimum atomic E-state index is -4.46. The molecule has 2 aromatic carbocycles. The van der Waals surface area contributed by atoms with Gasteiger partial charge >= 0.3 is 6.18 Å². The summed E-state index contributed by atoms with van der Waals surface area (Å²) in [5.41, 5.74) is -0.207. The third-order valence-electron chi connectivity index (χ3n) is 3.08. The minimum Gasteiger partial charge on any atom is -0.495 e. The van der Waals surface area contributed by atoms with E-state index < -0.39 is 17.6 Å². The van der Waals surface area contributed by atoms with Gasteiger partial charge in [-0.15, -0.1) is 0 Å².